The second kappa shape index (κ2) is 8.51. The number of esters is 1. The van der Waals surface area contributed by atoms with Crippen LogP contribution in [0.1, 0.15) is 32.5 Å². The number of ether oxygens (including phenoxy) is 1. The normalized spacial score (nSPS) is 11.8. The van der Waals surface area contributed by atoms with Gasteiger partial charge in [0.2, 0.25) is 6.10 Å². The van der Waals surface area contributed by atoms with Gasteiger partial charge in [-0.25, -0.2) is 4.79 Å². The molecular weight excluding hydrogens is 394 g/mol. The predicted octanol–water partition coefficient (Wildman–Crippen LogP) is 6.05. The third-order valence-electron chi connectivity index (χ3n) is 4.84. The van der Waals surface area contributed by atoms with Gasteiger partial charge in [-0.2, -0.15) is 0 Å². The molecule has 1 amide bonds. The lowest BCUT2D eigenvalue weighted by atomic mass is 10.1. The van der Waals surface area contributed by atoms with E-state index >= 15 is 0 Å². The lowest BCUT2D eigenvalue weighted by Crippen LogP contribution is -2.26. The van der Waals surface area contributed by atoms with Gasteiger partial charge in [0.1, 0.15) is 4.88 Å². The van der Waals surface area contributed by atoms with Crippen molar-refractivity contribution in [3.05, 3.63) is 100 Å². The van der Waals surface area contributed by atoms with E-state index in [-0.39, 0.29) is 5.91 Å². The Morgan fingerprint density at radius 3 is 2.40 bits per heavy atom. The van der Waals surface area contributed by atoms with E-state index in [1.807, 2.05) is 74.5 Å². The van der Waals surface area contributed by atoms with Crippen molar-refractivity contribution >= 4 is 39.0 Å². The summed E-state index contributed by atoms with van der Waals surface area (Å²) < 4.78 is 6.72. The van der Waals surface area contributed by atoms with Gasteiger partial charge in [0.25, 0.3) is 5.91 Å². The molecule has 0 radical (unpaired) electrons. The van der Waals surface area contributed by atoms with Crippen LogP contribution >= 0.6 is 11.3 Å². The van der Waals surface area contributed by atoms with Crippen LogP contribution in [0.5, 0.6) is 0 Å². The largest absolute Gasteiger partial charge is 0.443 e. The van der Waals surface area contributed by atoms with Crippen LogP contribution in [0.15, 0.2) is 78.9 Å². The van der Waals surface area contributed by atoms with Gasteiger partial charge in [-0.3, -0.25) is 4.79 Å². The molecular formula is C25H21NO3S. The van der Waals surface area contributed by atoms with E-state index in [1.54, 1.807) is 18.2 Å². The molecule has 1 N–H and O–H groups in total. The molecule has 0 aliphatic heterocycles. The number of nitrogens with one attached hydrogen (secondary N) is 1. The van der Waals surface area contributed by atoms with Gasteiger partial charge in [0, 0.05) is 16.0 Å². The number of anilines is 1. The number of hydrogen-bond donors (Lipinski definition) is 1. The van der Waals surface area contributed by atoms with Crippen LogP contribution in [0.2, 0.25) is 0 Å². The summed E-state index contributed by atoms with van der Waals surface area (Å²) in [5.74, 6) is -0.898. The molecule has 0 spiro atoms. The Balaban J connectivity index is 1.62. The summed E-state index contributed by atoms with van der Waals surface area (Å²) in [6.45, 7) is 3.89. The number of thiophene rings is 1. The zero-order chi connectivity index (χ0) is 21.1. The quantitative estimate of drug-likeness (QED) is 0.403. The van der Waals surface area contributed by atoms with Crippen molar-refractivity contribution in [2.75, 3.05) is 5.32 Å². The molecule has 0 unspecified atom stereocenters. The monoisotopic (exact) mass is 415 g/mol. The molecule has 4 rings (SSSR count). The van der Waals surface area contributed by atoms with E-state index in [2.05, 4.69) is 5.32 Å². The summed E-state index contributed by atoms with van der Waals surface area (Å²) >= 11 is 1.36. The number of carbonyl (C=O) groups excluding carboxylic acids is 2. The van der Waals surface area contributed by atoms with Gasteiger partial charge in [-0.15, -0.1) is 11.3 Å². The number of aryl methyl sites for hydroxylation is 2. The highest BCUT2D eigenvalue weighted by atomic mass is 32.1. The van der Waals surface area contributed by atoms with Crippen LogP contribution < -0.4 is 5.32 Å². The van der Waals surface area contributed by atoms with Crippen molar-refractivity contribution in [1.82, 2.24) is 0 Å². The summed E-state index contributed by atoms with van der Waals surface area (Å²) in [4.78, 5) is 26.5. The number of carbonyl (C=O) groups is 2. The molecule has 0 aliphatic rings. The third kappa shape index (κ3) is 4.26. The van der Waals surface area contributed by atoms with Gasteiger partial charge >= 0.3 is 5.97 Å². The number of fused-ring (bicyclic) bond motifs is 1. The zero-order valence-electron chi connectivity index (χ0n) is 16.7. The first kappa shape index (κ1) is 19.9. The van der Waals surface area contributed by atoms with Crippen molar-refractivity contribution in [2.45, 2.75) is 20.0 Å². The fraction of sp³-hybridized carbons (Fsp3) is 0.120. The molecule has 1 heterocycles. The number of benzene rings is 3. The van der Waals surface area contributed by atoms with Gasteiger partial charge in [-0.05, 0) is 48.6 Å². The molecule has 30 heavy (non-hydrogen) atoms. The maximum Gasteiger partial charge on any atom is 0.349 e. The summed E-state index contributed by atoms with van der Waals surface area (Å²) in [6, 6.07) is 24.5. The minimum atomic E-state index is -1.05. The van der Waals surface area contributed by atoms with E-state index in [9.17, 15) is 9.59 Å². The van der Waals surface area contributed by atoms with Crippen molar-refractivity contribution < 1.29 is 14.3 Å². The first-order chi connectivity index (χ1) is 14.5. The summed E-state index contributed by atoms with van der Waals surface area (Å²) in [5, 5.41) is 3.90. The van der Waals surface area contributed by atoms with Gasteiger partial charge in [-0.1, -0.05) is 60.7 Å². The molecule has 0 aliphatic carbocycles. The number of amides is 1. The summed E-state index contributed by atoms with van der Waals surface area (Å²) in [5.41, 5.74) is 3.31. The Kier molecular flexibility index (Phi) is 5.63. The zero-order valence-corrected chi connectivity index (χ0v) is 17.5. The van der Waals surface area contributed by atoms with E-state index < -0.39 is 12.1 Å². The SMILES string of the molecule is Cc1ccc(C)c(NC(=O)[C@H](OC(=O)c2cc3ccccc3s2)c2ccccc2)c1. The van der Waals surface area contributed by atoms with Crippen LogP contribution in [0.4, 0.5) is 5.69 Å². The molecule has 1 atom stereocenters. The van der Waals surface area contributed by atoms with Crippen LogP contribution in [0, 0.1) is 13.8 Å². The fourth-order valence-corrected chi connectivity index (χ4v) is 4.16. The topological polar surface area (TPSA) is 55.4 Å². The molecule has 0 saturated heterocycles. The Hall–Kier alpha value is -3.44. The molecule has 0 saturated carbocycles. The molecule has 4 aromatic rings. The lowest BCUT2D eigenvalue weighted by molar-refractivity contribution is -0.125. The lowest BCUT2D eigenvalue weighted by Gasteiger charge is -2.18. The molecule has 150 valence electrons. The minimum Gasteiger partial charge on any atom is -0.443 e. The average molecular weight is 416 g/mol. The van der Waals surface area contributed by atoms with Crippen LogP contribution in [-0.4, -0.2) is 11.9 Å². The van der Waals surface area contributed by atoms with Gasteiger partial charge < -0.3 is 10.1 Å². The molecule has 4 nitrogen and oxygen atoms in total. The Morgan fingerprint density at radius 2 is 1.63 bits per heavy atom. The van der Waals surface area contributed by atoms with Crippen LogP contribution in [0.25, 0.3) is 10.1 Å². The molecule has 0 fully saturated rings. The highest BCUT2D eigenvalue weighted by Crippen LogP contribution is 2.29. The molecule has 5 heteroatoms. The van der Waals surface area contributed by atoms with Crippen LogP contribution in [-0.2, 0) is 9.53 Å². The Labute approximate surface area is 179 Å². The fourth-order valence-electron chi connectivity index (χ4n) is 3.22. The molecule has 0 bridgehead atoms. The average Bonchev–Trinajstić information content (AvgIpc) is 3.19. The van der Waals surface area contributed by atoms with Crippen molar-refractivity contribution in [2.24, 2.45) is 0 Å². The smallest absolute Gasteiger partial charge is 0.349 e. The van der Waals surface area contributed by atoms with E-state index in [0.29, 0.717) is 16.1 Å². The maximum absolute atomic E-state index is 13.1. The minimum absolute atomic E-state index is 0.385. The summed E-state index contributed by atoms with van der Waals surface area (Å²) in [6.07, 6.45) is -1.05. The van der Waals surface area contributed by atoms with Gasteiger partial charge in [0.15, 0.2) is 0 Å². The maximum atomic E-state index is 13.1. The Bertz CT molecular complexity index is 1180. The van der Waals surface area contributed by atoms with Crippen LogP contribution in [0.3, 0.4) is 0 Å². The third-order valence-corrected chi connectivity index (χ3v) is 5.94. The molecule has 3 aromatic carbocycles. The highest BCUT2D eigenvalue weighted by molar-refractivity contribution is 7.20. The van der Waals surface area contributed by atoms with E-state index in [1.165, 1.54) is 11.3 Å². The number of hydrogen-bond acceptors (Lipinski definition) is 4. The standard InChI is InChI=1S/C25H21NO3S/c1-16-12-13-17(2)20(14-16)26-24(27)23(18-8-4-3-5-9-18)29-25(28)22-15-19-10-6-7-11-21(19)30-22/h3-15,23H,1-2H3,(H,26,27)/t23-/m1/s1. The highest BCUT2D eigenvalue weighted by Gasteiger charge is 2.27. The second-order valence-electron chi connectivity index (χ2n) is 7.15. The summed E-state index contributed by atoms with van der Waals surface area (Å²) in [7, 11) is 0. The van der Waals surface area contributed by atoms with E-state index in [4.69, 9.17) is 4.74 Å². The Morgan fingerprint density at radius 1 is 0.900 bits per heavy atom. The molecule has 1 aromatic heterocycles. The number of rotatable bonds is 5. The first-order valence-electron chi connectivity index (χ1n) is 9.64. The van der Waals surface area contributed by atoms with Crippen molar-refractivity contribution in [1.29, 1.82) is 0 Å². The van der Waals surface area contributed by atoms with Gasteiger partial charge in [0.05, 0.1) is 0 Å². The first-order valence-corrected chi connectivity index (χ1v) is 10.5. The second-order valence-corrected chi connectivity index (χ2v) is 8.24. The van der Waals surface area contributed by atoms with Crippen molar-refractivity contribution in [3.63, 3.8) is 0 Å². The predicted molar refractivity (Wildman–Crippen MR) is 121 cm³/mol. The van der Waals surface area contributed by atoms with E-state index in [0.717, 1.165) is 21.2 Å². The van der Waals surface area contributed by atoms with Crippen molar-refractivity contribution in [3.8, 4) is 0 Å².